The van der Waals surface area contributed by atoms with Gasteiger partial charge in [-0.15, -0.1) is 0 Å². The molecule has 12 N–H and O–H groups in total. The molecule has 0 bridgehead atoms. The molecule has 0 aliphatic carbocycles. The van der Waals surface area contributed by atoms with E-state index in [1.807, 2.05) is 0 Å². The molecule has 0 aliphatic heterocycles. The Morgan fingerprint density at radius 3 is 0.375 bits per heavy atom. The third-order valence-corrected chi connectivity index (χ3v) is 0. The van der Waals surface area contributed by atoms with E-state index in [1.54, 1.807) is 0 Å². The molecular formula is H12LaN4NaO18. The van der Waals surface area contributed by atoms with Gasteiger partial charge in [0.2, 0.25) is 0 Å². The van der Waals surface area contributed by atoms with Crippen molar-refractivity contribution in [1.82, 2.24) is 0 Å². The SMILES string of the molecule is O.O.O.O.O.O.O=[N+]([O-])[O-].O=[N+]([O-])[O-].O=[N+]([O-])[O-].O=[N+]([O-])[O-].[La+3].[Na+]. The van der Waals surface area contributed by atoms with Gasteiger partial charge in [0, 0.05) is 0 Å². The molecule has 0 aromatic rings. The fourth-order valence-electron chi connectivity index (χ4n) is 0. The first-order valence-electron chi connectivity index (χ1n) is 2.19. The zero-order valence-electron chi connectivity index (χ0n) is 11.3. The van der Waals surface area contributed by atoms with Gasteiger partial charge in [-0.1, -0.05) is 0 Å². The van der Waals surface area contributed by atoms with Crippen LogP contribution in [-0.4, -0.2) is 53.2 Å². The standard InChI is InChI=1S/La.4NO3.Na.6H2O/c;4*2-1(3)4;;;;;;;/h;;;;;;6*1H2/q+3;4*-1;+1;;;;;;. The zero-order valence-corrected chi connectivity index (χ0v) is 16.9. The van der Waals surface area contributed by atoms with E-state index in [4.69, 9.17) is 61.3 Å². The van der Waals surface area contributed by atoms with Crippen molar-refractivity contribution in [2.45, 2.75) is 0 Å². The first-order chi connectivity index (χ1) is 6.93. The van der Waals surface area contributed by atoms with Crippen molar-refractivity contribution in [3.63, 3.8) is 0 Å². The molecule has 0 fully saturated rings. The maximum atomic E-state index is 8.25. The molecule has 144 valence electrons. The summed E-state index contributed by atoms with van der Waals surface area (Å²) in [5.74, 6) is 0. The average molecular weight is 518 g/mol. The van der Waals surface area contributed by atoms with E-state index in [0.717, 1.165) is 0 Å². The third kappa shape index (κ3) is 5220. The van der Waals surface area contributed by atoms with Crippen LogP contribution >= 0.6 is 0 Å². The number of hydrogen-bond acceptors (Lipinski definition) is 12. The summed E-state index contributed by atoms with van der Waals surface area (Å²) in [6, 6.07) is 0. The van der Waals surface area contributed by atoms with Crippen molar-refractivity contribution >= 4 is 0 Å². The van der Waals surface area contributed by atoms with Gasteiger partial charge in [-0.3, -0.25) is 0 Å². The van der Waals surface area contributed by atoms with Crippen LogP contribution in [0.25, 0.3) is 0 Å². The smallest absolute Gasteiger partial charge is 0.412 e. The molecule has 0 unspecified atom stereocenters. The molecule has 0 spiro atoms. The average Bonchev–Trinajstić information content (AvgIpc) is 1.76. The van der Waals surface area contributed by atoms with Gasteiger partial charge in [0.25, 0.3) is 0 Å². The van der Waals surface area contributed by atoms with Crippen LogP contribution in [0.2, 0.25) is 0 Å². The van der Waals surface area contributed by atoms with Gasteiger partial charge >= 0.3 is 65.2 Å². The largest absolute Gasteiger partial charge is 3.00 e. The predicted molar refractivity (Wildman–Crippen MR) is 63.1 cm³/mol. The number of hydrogen-bond donors (Lipinski definition) is 0. The number of rotatable bonds is 0. The Kier molecular flexibility index (Phi) is 314. The molecule has 0 saturated heterocycles. The molecule has 24 heavy (non-hydrogen) atoms. The Bertz CT molecular complexity index is 167. The monoisotopic (exact) mass is 518 g/mol. The predicted octanol–water partition coefficient (Wildman–Crippen LogP) is -8.90. The summed E-state index contributed by atoms with van der Waals surface area (Å²) in [4.78, 5) is 33.0. The second-order valence-electron chi connectivity index (χ2n) is 0.894. The number of nitrogens with zero attached hydrogens (tertiary/aromatic N) is 4. The summed E-state index contributed by atoms with van der Waals surface area (Å²) < 4.78 is 0. The van der Waals surface area contributed by atoms with Gasteiger partial charge in [-0.05, 0) is 0 Å². The van der Waals surface area contributed by atoms with Gasteiger partial charge in [0.1, 0.15) is 0 Å². The van der Waals surface area contributed by atoms with E-state index in [0.29, 0.717) is 0 Å². The van der Waals surface area contributed by atoms with E-state index >= 15 is 0 Å². The second-order valence-corrected chi connectivity index (χ2v) is 0.894. The molecule has 0 saturated carbocycles. The maximum Gasteiger partial charge on any atom is 3.00 e. The van der Waals surface area contributed by atoms with Crippen LogP contribution in [-0.2, 0) is 0 Å². The summed E-state index contributed by atoms with van der Waals surface area (Å²) in [6.07, 6.45) is 0. The molecule has 0 aromatic carbocycles. The summed E-state index contributed by atoms with van der Waals surface area (Å²) in [5.41, 5.74) is 0. The van der Waals surface area contributed by atoms with Crippen LogP contribution in [0.1, 0.15) is 0 Å². The first kappa shape index (κ1) is 93.1. The molecule has 0 aromatic heterocycles. The van der Waals surface area contributed by atoms with Crippen molar-refractivity contribution < 1.29 is 118 Å². The van der Waals surface area contributed by atoms with Crippen LogP contribution in [0.3, 0.4) is 0 Å². The zero-order chi connectivity index (χ0) is 14.3. The summed E-state index contributed by atoms with van der Waals surface area (Å²) in [5, 5.41) is 59.0. The fourth-order valence-corrected chi connectivity index (χ4v) is 0. The van der Waals surface area contributed by atoms with Gasteiger partial charge in [0.05, 0.1) is 20.3 Å². The van der Waals surface area contributed by atoms with Crippen LogP contribution in [0.4, 0.5) is 0 Å². The van der Waals surface area contributed by atoms with Gasteiger partial charge < -0.3 is 94.1 Å². The van der Waals surface area contributed by atoms with Crippen LogP contribution in [0, 0.1) is 96.9 Å². The molecule has 24 heteroatoms. The topological polar surface area (TPSA) is 454 Å². The molecule has 0 atom stereocenters. The third-order valence-electron chi connectivity index (χ3n) is 0. The quantitative estimate of drug-likeness (QED) is 0.164. The Labute approximate surface area is 178 Å². The molecular weight excluding hydrogens is 506 g/mol. The second kappa shape index (κ2) is 81.0. The minimum atomic E-state index is -1.75. The fraction of sp³-hybridized carbons (Fsp3) is 0. The molecule has 0 amide bonds. The van der Waals surface area contributed by atoms with E-state index in [-0.39, 0.29) is 98.0 Å². The van der Waals surface area contributed by atoms with Gasteiger partial charge in [-0.25, -0.2) is 0 Å². The van der Waals surface area contributed by atoms with Crippen molar-refractivity contribution in [1.29, 1.82) is 0 Å². The Morgan fingerprint density at radius 2 is 0.375 bits per heavy atom. The van der Waals surface area contributed by atoms with Crippen LogP contribution < -0.4 is 29.6 Å². The van der Waals surface area contributed by atoms with Crippen molar-refractivity contribution in [2.24, 2.45) is 0 Å². The minimum Gasteiger partial charge on any atom is -0.412 e. The van der Waals surface area contributed by atoms with Crippen LogP contribution in [0.15, 0.2) is 0 Å². The Balaban J connectivity index is -0.00000000720. The summed E-state index contributed by atoms with van der Waals surface area (Å²) >= 11 is 0. The van der Waals surface area contributed by atoms with Gasteiger partial charge in [0.15, 0.2) is 0 Å². The molecule has 0 rings (SSSR count). The van der Waals surface area contributed by atoms with Gasteiger partial charge in [-0.2, -0.15) is 0 Å². The summed E-state index contributed by atoms with van der Waals surface area (Å²) in [7, 11) is 0. The maximum absolute atomic E-state index is 8.25. The molecule has 0 radical (unpaired) electrons. The van der Waals surface area contributed by atoms with Crippen molar-refractivity contribution in [3.8, 4) is 0 Å². The van der Waals surface area contributed by atoms with E-state index in [2.05, 4.69) is 0 Å². The van der Waals surface area contributed by atoms with E-state index in [1.165, 1.54) is 0 Å². The van der Waals surface area contributed by atoms with Crippen molar-refractivity contribution in [3.05, 3.63) is 61.3 Å². The first-order valence-corrected chi connectivity index (χ1v) is 2.19. The minimum absolute atomic E-state index is 0. The van der Waals surface area contributed by atoms with E-state index in [9.17, 15) is 0 Å². The van der Waals surface area contributed by atoms with E-state index < -0.39 is 20.3 Å². The normalized spacial score (nSPS) is 4.00. The Hall–Kier alpha value is -1.25. The molecule has 22 nitrogen and oxygen atoms in total. The van der Waals surface area contributed by atoms with Crippen LogP contribution in [0.5, 0.6) is 0 Å². The van der Waals surface area contributed by atoms with Crippen molar-refractivity contribution in [2.75, 3.05) is 0 Å². The summed E-state index contributed by atoms with van der Waals surface area (Å²) in [6.45, 7) is 0. The molecule has 0 aliphatic rings. The Morgan fingerprint density at radius 1 is 0.375 bits per heavy atom. The molecule has 0 heterocycles.